The molecule has 0 bridgehead atoms. The van der Waals surface area contributed by atoms with Gasteiger partial charge in [-0.1, -0.05) is 27.7 Å². The summed E-state index contributed by atoms with van der Waals surface area (Å²) in [5, 5.41) is 24.0. The number of nitrogens with two attached hydrogens (primary N) is 4. The highest BCUT2D eigenvalue weighted by Crippen LogP contribution is 2.31. The molecule has 2 saturated heterocycles. The predicted molar refractivity (Wildman–Crippen MR) is 244 cm³/mol. The van der Waals surface area contributed by atoms with Gasteiger partial charge >= 0.3 is 35.8 Å². The molecular formula is C43H58N10O19. The maximum absolute atomic E-state index is 13.4. The van der Waals surface area contributed by atoms with Gasteiger partial charge in [0.2, 0.25) is 0 Å². The van der Waals surface area contributed by atoms with Crippen LogP contribution in [0.3, 0.4) is 0 Å². The molecule has 4 rings (SSSR count). The van der Waals surface area contributed by atoms with Crippen LogP contribution in [-0.4, -0.2) is 123 Å². The van der Waals surface area contributed by atoms with Crippen LogP contribution in [-0.2, 0) is 67.2 Å². The molecule has 2 heterocycles. The molecule has 0 spiro atoms. The van der Waals surface area contributed by atoms with E-state index in [1.165, 1.54) is 53.0 Å². The van der Waals surface area contributed by atoms with Crippen molar-refractivity contribution in [1.29, 1.82) is 0 Å². The second kappa shape index (κ2) is 25.1. The van der Waals surface area contributed by atoms with Crippen LogP contribution in [0.1, 0.15) is 79.1 Å². The van der Waals surface area contributed by atoms with Crippen molar-refractivity contribution in [1.82, 2.24) is 10.1 Å². The van der Waals surface area contributed by atoms with Gasteiger partial charge in [0, 0.05) is 68.8 Å². The summed E-state index contributed by atoms with van der Waals surface area (Å²) >= 11 is 0. The van der Waals surface area contributed by atoms with E-state index in [-0.39, 0.29) is 54.4 Å². The Morgan fingerprint density at radius 1 is 0.681 bits per heavy atom. The highest BCUT2D eigenvalue weighted by atomic mass is 16.7. The first kappa shape index (κ1) is 57.1. The summed E-state index contributed by atoms with van der Waals surface area (Å²) in [6.45, 7) is 5.96. The molecule has 6 unspecified atom stereocenters. The second-order valence-corrected chi connectivity index (χ2v) is 17.3. The van der Waals surface area contributed by atoms with E-state index in [1.54, 1.807) is 0 Å². The van der Waals surface area contributed by atoms with Crippen molar-refractivity contribution in [2.75, 3.05) is 31.2 Å². The van der Waals surface area contributed by atoms with Gasteiger partial charge in [-0.2, -0.15) is 0 Å². The number of carbonyl (C=O) groups is 8. The van der Waals surface area contributed by atoms with Gasteiger partial charge in [0.25, 0.3) is 22.8 Å². The molecule has 72 heavy (non-hydrogen) atoms. The fourth-order valence-electron chi connectivity index (χ4n) is 6.83. The Morgan fingerprint density at radius 2 is 1.10 bits per heavy atom. The monoisotopic (exact) mass is 1020 g/mol. The summed E-state index contributed by atoms with van der Waals surface area (Å²) in [5.74, 6) is -9.82. The number of benzene rings is 2. The van der Waals surface area contributed by atoms with Crippen molar-refractivity contribution in [2.45, 2.75) is 115 Å². The number of hydrogen-bond acceptors (Lipinski definition) is 27. The minimum atomic E-state index is -2.39. The Balaban J connectivity index is 1.21. The second-order valence-electron chi connectivity index (χ2n) is 17.3. The van der Waals surface area contributed by atoms with Crippen molar-refractivity contribution in [3.05, 3.63) is 62.7 Å². The first-order chi connectivity index (χ1) is 33.8. The van der Waals surface area contributed by atoms with Crippen LogP contribution in [0.25, 0.3) is 0 Å². The van der Waals surface area contributed by atoms with E-state index in [9.17, 15) is 58.6 Å². The number of rotatable bonds is 26. The highest BCUT2D eigenvalue weighted by Gasteiger charge is 2.49. The number of nitro benzene ring substituents is 2. The van der Waals surface area contributed by atoms with Crippen LogP contribution in [0.15, 0.2) is 42.5 Å². The Morgan fingerprint density at radius 3 is 1.50 bits per heavy atom. The zero-order chi connectivity index (χ0) is 53.7. The van der Waals surface area contributed by atoms with E-state index < -0.39 is 130 Å². The van der Waals surface area contributed by atoms with Gasteiger partial charge in [0.1, 0.15) is 41.4 Å². The molecule has 2 aliphatic heterocycles. The molecule has 394 valence electrons. The molecule has 29 nitrogen and oxygen atoms in total. The summed E-state index contributed by atoms with van der Waals surface area (Å²) < 4.78 is 16.0. The average molecular weight is 1020 g/mol. The topological polar surface area (TPSA) is 422 Å². The third kappa shape index (κ3) is 14.8. The summed E-state index contributed by atoms with van der Waals surface area (Å²) in [4.78, 5) is 146. The number of hydrogen-bond donors (Lipinski definition) is 6. The molecular weight excluding hydrogens is 961 g/mol. The van der Waals surface area contributed by atoms with E-state index in [0.29, 0.717) is 12.8 Å². The molecule has 10 N–H and O–H groups in total. The molecule has 0 aromatic heterocycles. The number of nitro groups is 2. The lowest BCUT2D eigenvalue weighted by Crippen LogP contribution is -2.59. The van der Waals surface area contributed by atoms with Gasteiger partial charge in [-0.3, -0.25) is 50.9 Å². The number of Topliss-reactive ketones (excluding diaryl/α,β-unsaturated/α-hetero) is 2. The van der Waals surface area contributed by atoms with Gasteiger partial charge < -0.3 is 45.0 Å². The number of esters is 2. The maximum Gasteiger partial charge on any atom is 0.391 e. The van der Waals surface area contributed by atoms with Crippen LogP contribution in [0.4, 0.5) is 22.7 Å². The SMILES string of the molecule is COc1cc([N+](=O)[O-])ccc1NOC(=O)C(N)(OC(=O)C1CCCN1OC(=O)C(N)CC(=O)CCC(=O)CC(N)C(=O)ON1CCCC1C(=O)OC(N)(C(=O)ONc1ccc([N+](=O)[O-])cc1)C(C)C)C(C)C. The standard InChI is InChI=1S/C43H58N10O19/c1-23(2)42(46,40(60)69-48-25-10-12-26(13-11-25)52(62)63)67-38(58)33-8-6-18-50(33)71-36(56)30(44)21-28(54)15-16-29(55)22-31(45)37(57)72-51-19-7-9-34(51)39(59)68-43(47,24(3)4)41(61)70-49-32-17-14-27(53(64)65)20-35(32)66-5/h10-14,17,20,23-24,30-31,33-34,48-49H,6-9,15-16,18-19,21-22,44-47H2,1-5H3. The molecule has 2 aromatic carbocycles. The van der Waals surface area contributed by atoms with Crippen LogP contribution < -0.4 is 38.6 Å². The minimum absolute atomic E-state index is 0.0101. The molecule has 0 aliphatic carbocycles. The van der Waals surface area contributed by atoms with E-state index in [1.807, 2.05) is 0 Å². The van der Waals surface area contributed by atoms with Crippen molar-refractivity contribution in [3.63, 3.8) is 0 Å². The highest BCUT2D eigenvalue weighted by molar-refractivity contribution is 5.92. The van der Waals surface area contributed by atoms with Gasteiger partial charge in [0.05, 0.1) is 28.7 Å². The molecule has 0 radical (unpaired) electrons. The van der Waals surface area contributed by atoms with Crippen molar-refractivity contribution < 1.29 is 81.8 Å². The molecule has 2 fully saturated rings. The molecule has 2 aliphatic rings. The number of ketones is 2. The van der Waals surface area contributed by atoms with E-state index in [0.717, 1.165) is 34.4 Å². The number of anilines is 2. The zero-order valence-electron chi connectivity index (χ0n) is 39.9. The lowest BCUT2D eigenvalue weighted by molar-refractivity contribution is -0.385. The smallest absolute Gasteiger partial charge is 0.391 e. The lowest BCUT2D eigenvalue weighted by atomic mass is 10.0. The third-order valence-corrected chi connectivity index (χ3v) is 11.4. The fourth-order valence-corrected chi connectivity index (χ4v) is 6.83. The zero-order valence-corrected chi connectivity index (χ0v) is 39.9. The Bertz CT molecular complexity index is 2370. The lowest BCUT2D eigenvalue weighted by Gasteiger charge is -2.32. The van der Waals surface area contributed by atoms with Crippen molar-refractivity contribution in [3.8, 4) is 5.75 Å². The predicted octanol–water partition coefficient (Wildman–Crippen LogP) is 0.859. The van der Waals surface area contributed by atoms with Gasteiger partial charge in [-0.15, -0.1) is 10.1 Å². The van der Waals surface area contributed by atoms with Crippen LogP contribution in [0, 0.1) is 32.1 Å². The summed E-state index contributed by atoms with van der Waals surface area (Å²) in [5.41, 5.74) is 23.8. The molecule has 6 atom stereocenters. The summed E-state index contributed by atoms with van der Waals surface area (Å²) in [6, 6.07) is 2.70. The van der Waals surface area contributed by atoms with Gasteiger partial charge in [-0.25, -0.2) is 30.1 Å². The minimum Gasteiger partial charge on any atom is -0.494 e. The number of nitrogens with zero attached hydrogens (tertiary/aromatic N) is 4. The van der Waals surface area contributed by atoms with E-state index in [4.69, 9.17) is 56.5 Å². The Kier molecular flexibility index (Phi) is 19.9. The van der Waals surface area contributed by atoms with Crippen LogP contribution >= 0.6 is 0 Å². The number of nitrogens with one attached hydrogen (secondary N) is 2. The maximum atomic E-state index is 13.4. The largest absolute Gasteiger partial charge is 0.494 e. The summed E-state index contributed by atoms with van der Waals surface area (Å²) in [6.07, 6.45) is -1.08. The van der Waals surface area contributed by atoms with Gasteiger partial charge in [0.15, 0.2) is 5.75 Å². The number of non-ortho nitro benzene ring substituents is 2. The first-order valence-corrected chi connectivity index (χ1v) is 22.4. The normalized spacial score (nSPS) is 18.3. The molecule has 29 heteroatoms. The van der Waals surface area contributed by atoms with E-state index >= 15 is 0 Å². The Labute approximate surface area is 410 Å². The summed E-state index contributed by atoms with van der Waals surface area (Å²) in [7, 11) is 1.23. The van der Waals surface area contributed by atoms with E-state index in [2.05, 4.69) is 11.0 Å². The average Bonchev–Trinajstić information content (AvgIpc) is 4.01. The van der Waals surface area contributed by atoms with Crippen LogP contribution in [0.2, 0.25) is 0 Å². The van der Waals surface area contributed by atoms with Gasteiger partial charge in [-0.05, 0) is 43.9 Å². The third-order valence-electron chi connectivity index (χ3n) is 11.4. The van der Waals surface area contributed by atoms with Crippen molar-refractivity contribution >= 4 is 70.1 Å². The number of methoxy groups -OCH3 is 1. The first-order valence-electron chi connectivity index (χ1n) is 22.4. The molecule has 0 amide bonds. The number of ether oxygens (including phenoxy) is 3. The van der Waals surface area contributed by atoms with Crippen LogP contribution in [0.5, 0.6) is 5.75 Å². The van der Waals surface area contributed by atoms with Crippen molar-refractivity contribution in [2.24, 2.45) is 34.8 Å². The number of hydroxylamine groups is 4. The Hall–Kier alpha value is -7.44. The fraction of sp³-hybridized carbons (Fsp3) is 0.535. The quantitative estimate of drug-likeness (QED) is 0.0250. The molecule has 0 saturated carbocycles. The molecule has 2 aromatic rings. The number of carbonyl (C=O) groups excluding carboxylic acids is 8.